The first-order valence-electron chi connectivity index (χ1n) is 7.24. The highest BCUT2D eigenvalue weighted by Crippen LogP contribution is 2.58. The van der Waals surface area contributed by atoms with E-state index in [2.05, 4.69) is 23.5 Å². The molecule has 2 heteroatoms. The summed E-state index contributed by atoms with van der Waals surface area (Å²) in [5, 5.41) is 14.4. The highest BCUT2D eigenvalue weighted by atomic mass is 16.3. The summed E-state index contributed by atoms with van der Waals surface area (Å²) in [5.74, 6) is 0.623. The summed E-state index contributed by atoms with van der Waals surface area (Å²) in [5.41, 5.74) is 2.77. The summed E-state index contributed by atoms with van der Waals surface area (Å²) in [6.45, 7) is 1.05. The number of hydrogen-bond acceptors (Lipinski definition) is 2. The maximum atomic E-state index is 10.7. The van der Waals surface area contributed by atoms with Gasteiger partial charge in [-0.1, -0.05) is 6.42 Å². The van der Waals surface area contributed by atoms with Crippen LogP contribution in [0.2, 0.25) is 0 Å². The van der Waals surface area contributed by atoms with Crippen LogP contribution in [0.25, 0.3) is 0 Å². The molecule has 94 valence electrons. The Morgan fingerprint density at radius 1 is 1.39 bits per heavy atom. The predicted molar refractivity (Wildman–Crippen MR) is 70.8 cm³/mol. The van der Waals surface area contributed by atoms with Crippen LogP contribution >= 0.6 is 0 Å². The van der Waals surface area contributed by atoms with E-state index in [-0.39, 0.29) is 11.5 Å². The highest BCUT2D eigenvalue weighted by Gasteiger charge is 2.60. The average molecular weight is 242 g/mol. The molecule has 3 aliphatic carbocycles. The zero-order valence-electron chi connectivity index (χ0n) is 10.7. The van der Waals surface area contributed by atoms with Gasteiger partial charge in [0.15, 0.2) is 0 Å². The Balaban J connectivity index is 1.89. The fraction of sp³-hybridized carbons (Fsp3) is 0.625. The number of aliphatic hydroxyl groups excluding tert-OH is 1. The summed E-state index contributed by atoms with van der Waals surface area (Å²) >= 11 is 0. The van der Waals surface area contributed by atoms with Crippen LogP contribution in [0.1, 0.15) is 32.1 Å². The van der Waals surface area contributed by atoms with Crippen molar-refractivity contribution in [3.05, 3.63) is 35.5 Å². The van der Waals surface area contributed by atoms with Gasteiger partial charge in [-0.05, 0) is 31.7 Å². The van der Waals surface area contributed by atoms with Crippen LogP contribution in [0.15, 0.2) is 29.4 Å². The van der Waals surface area contributed by atoms with Gasteiger partial charge in [-0.15, -0.1) is 0 Å². The Kier molecular flexibility index (Phi) is 2.29. The van der Waals surface area contributed by atoms with E-state index in [9.17, 15) is 5.11 Å². The molecule has 0 spiro atoms. The van der Waals surface area contributed by atoms with Crippen molar-refractivity contribution in [2.75, 3.05) is 6.54 Å². The monoisotopic (exact) mass is 242 g/mol. The SMILES string of the molecule is OC1CCC[C@H]2[C@H]3CC4=[C+]C=CC=C4[C@@]12CCN3. The molecule has 2 saturated carbocycles. The van der Waals surface area contributed by atoms with Gasteiger partial charge in [0.05, 0.1) is 23.2 Å². The molecular weight excluding hydrogens is 222 g/mol. The maximum Gasteiger partial charge on any atom is 0.121 e. The molecule has 1 unspecified atom stereocenters. The van der Waals surface area contributed by atoms with Gasteiger partial charge in [-0.2, -0.15) is 0 Å². The summed E-state index contributed by atoms with van der Waals surface area (Å²) in [6, 6.07) is 0.555. The smallest absolute Gasteiger partial charge is 0.121 e. The number of hydrogen-bond donors (Lipinski definition) is 2. The van der Waals surface area contributed by atoms with Crippen molar-refractivity contribution in [1.29, 1.82) is 0 Å². The first kappa shape index (κ1) is 10.9. The van der Waals surface area contributed by atoms with E-state index in [4.69, 9.17) is 0 Å². The molecule has 4 atom stereocenters. The minimum atomic E-state index is -0.157. The van der Waals surface area contributed by atoms with Crippen molar-refractivity contribution in [2.45, 2.75) is 44.2 Å². The molecule has 2 nitrogen and oxygen atoms in total. The second-order valence-electron chi connectivity index (χ2n) is 6.17. The second kappa shape index (κ2) is 3.77. The van der Waals surface area contributed by atoms with Crippen LogP contribution in [-0.2, 0) is 0 Å². The van der Waals surface area contributed by atoms with E-state index < -0.39 is 0 Å². The third kappa shape index (κ3) is 1.23. The van der Waals surface area contributed by atoms with Crippen LogP contribution in [0.5, 0.6) is 0 Å². The molecule has 4 aliphatic rings. The number of allylic oxidation sites excluding steroid dienone is 4. The number of fused-ring (bicyclic) bond motifs is 1. The number of rotatable bonds is 0. The average Bonchev–Trinajstić information content (AvgIpc) is 2.39. The lowest BCUT2D eigenvalue weighted by atomic mass is 9.50. The Morgan fingerprint density at radius 2 is 2.33 bits per heavy atom. The summed E-state index contributed by atoms with van der Waals surface area (Å²) in [4.78, 5) is 0. The first-order chi connectivity index (χ1) is 8.82. The Bertz CT molecular complexity index is 462. The Morgan fingerprint density at radius 3 is 3.28 bits per heavy atom. The van der Waals surface area contributed by atoms with E-state index >= 15 is 0 Å². The Labute approximate surface area is 108 Å². The standard InChI is InChI=1S/C16H20NO/c18-15-7-3-6-13-14-10-11-4-1-2-5-12(11)16(13,15)8-9-17-14/h1-2,5,13-15,17-18H,3,6-10H2/q+1/t13-,14+,15?,16+/m0/s1. The van der Waals surface area contributed by atoms with Gasteiger partial charge < -0.3 is 10.4 Å². The summed E-state index contributed by atoms with van der Waals surface area (Å²) in [6.07, 6.45) is 15.2. The van der Waals surface area contributed by atoms with Crippen molar-refractivity contribution in [2.24, 2.45) is 11.3 Å². The fourth-order valence-corrected chi connectivity index (χ4v) is 4.84. The van der Waals surface area contributed by atoms with Gasteiger partial charge in [-0.25, -0.2) is 0 Å². The van der Waals surface area contributed by atoms with E-state index in [1.165, 1.54) is 24.0 Å². The van der Waals surface area contributed by atoms with Gasteiger partial charge in [-0.3, -0.25) is 0 Å². The molecule has 0 amide bonds. The van der Waals surface area contributed by atoms with Crippen molar-refractivity contribution in [3.8, 4) is 0 Å². The van der Waals surface area contributed by atoms with Crippen molar-refractivity contribution in [1.82, 2.24) is 5.32 Å². The van der Waals surface area contributed by atoms with Crippen molar-refractivity contribution in [3.63, 3.8) is 0 Å². The van der Waals surface area contributed by atoms with Gasteiger partial charge in [0.2, 0.25) is 0 Å². The zero-order valence-corrected chi connectivity index (χ0v) is 10.7. The molecule has 1 saturated heterocycles. The number of aliphatic hydroxyl groups is 1. The molecule has 2 N–H and O–H groups in total. The van der Waals surface area contributed by atoms with Gasteiger partial charge in [0, 0.05) is 24.6 Å². The van der Waals surface area contributed by atoms with Gasteiger partial charge in [0.25, 0.3) is 0 Å². The predicted octanol–water partition coefficient (Wildman–Crippen LogP) is 2.13. The van der Waals surface area contributed by atoms with Crippen LogP contribution < -0.4 is 5.32 Å². The largest absolute Gasteiger partial charge is 0.391 e. The molecule has 4 rings (SSSR count). The lowest BCUT2D eigenvalue weighted by Gasteiger charge is -2.55. The van der Waals surface area contributed by atoms with Crippen LogP contribution in [0.3, 0.4) is 0 Å². The second-order valence-corrected chi connectivity index (χ2v) is 6.17. The normalized spacial score (nSPS) is 45.3. The first-order valence-corrected chi connectivity index (χ1v) is 7.24. The van der Waals surface area contributed by atoms with Crippen LogP contribution in [-0.4, -0.2) is 23.8 Å². The van der Waals surface area contributed by atoms with Gasteiger partial charge in [0.1, 0.15) is 11.6 Å². The van der Waals surface area contributed by atoms with Crippen LogP contribution in [0, 0.1) is 17.4 Å². The number of piperidine rings is 1. The molecule has 2 bridgehead atoms. The Hall–Kier alpha value is -0.950. The van der Waals surface area contributed by atoms with E-state index in [0.29, 0.717) is 12.0 Å². The third-order valence-electron chi connectivity index (χ3n) is 5.55. The van der Waals surface area contributed by atoms with E-state index in [0.717, 1.165) is 25.8 Å². The minimum absolute atomic E-state index is 0.0273. The zero-order chi connectivity index (χ0) is 12.2. The van der Waals surface area contributed by atoms with E-state index in [1.54, 1.807) is 0 Å². The van der Waals surface area contributed by atoms with E-state index in [1.807, 2.05) is 6.08 Å². The summed E-state index contributed by atoms with van der Waals surface area (Å²) < 4.78 is 0. The van der Waals surface area contributed by atoms with Crippen LogP contribution in [0.4, 0.5) is 0 Å². The summed E-state index contributed by atoms with van der Waals surface area (Å²) in [7, 11) is 0. The molecule has 18 heavy (non-hydrogen) atoms. The lowest BCUT2D eigenvalue weighted by molar-refractivity contribution is -0.0695. The third-order valence-corrected chi connectivity index (χ3v) is 5.55. The number of nitrogens with one attached hydrogen (secondary N) is 1. The molecule has 0 aromatic carbocycles. The molecule has 1 heterocycles. The molecule has 0 aromatic heterocycles. The van der Waals surface area contributed by atoms with Gasteiger partial charge >= 0.3 is 0 Å². The molecule has 0 radical (unpaired) electrons. The molecule has 0 aromatic rings. The highest BCUT2D eigenvalue weighted by molar-refractivity contribution is 5.48. The minimum Gasteiger partial charge on any atom is -0.391 e. The fourth-order valence-electron chi connectivity index (χ4n) is 4.84. The molecular formula is C16H20NO+. The molecule has 1 aliphatic heterocycles. The molecule has 3 fully saturated rings. The topological polar surface area (TPSA) is 32.3 Å². The van der Waals surface area contributed by atoms with Crippen molar-refractivity contribution >= 4 is 0 Å². The lowest BCUT2D eigenvalue weighted by Crippen LogP contribution is -2.62. The van der Waals surface area contributed by atoms with Crippen molar-refractivity contribution < 1.29 is 5.11 Å². The quantitative estimate of drug-likeness (QED) is 0.638. The maximum absolute atomic E-state index is 10.7.